The number of nitrogens with one attached hydrogen (secondary N) is 1. The van der Waals surface area contributed by atoms with Crippen LogP contribution < -0.4 is 19.7 Å². The van der Waals surface area contributed by atoms with Crippen molar-refractivity contribution >= 4 is 17.5 Å². The van der Waals surface area contributed by atoms with Gasteiger partial charge >= 0.3 is 0 Å². The summed E-state index contributed by atoms with van der Waals surface area (Å²) < 4.78 is 15.8. The number of carbonyl (C=O) groups is 2. The van der Waals surface area contributed by atoms with Crippen molar-refractivity contribution in [1.82, 2.24) is 5.32 Å². The highest BCUT2D eigenvalue weighted by molar-refractivity contribution is 5.94. The molecule has 7 heteroatoms. The van der Waals surface area contributed by atoms with Gasteiger partial charge in [-0.15, -0.1) is 0 Å². The van der Waals surface area contributed by atoms with Crippen LogP contribution in [-0.4, -0.2) is 32.3 Å². The molecule has 0 spiro atoms. The molecule has 1 heterocycles. The van der Waals surface area contributed by atoms with E-state index in [9.17, 15) is 9.59 Å². The minimum Gasteiger partial charge on any atom is -0.454 e. The first kappa shape index (κ1) is 22.4. The third-order valence-electron chi connectivity index (χ3n) is 5.27. The molecule has 0 fully saturated rings. The summed E-state index contributed by atoms with van der Waals surface area (Å²) in [5.41, 5.74) is 3.48. The van der Waals surface area contributed by atoms with Crippen LogP contribution >= 0.6 is 0 Å². The number of amides is 2. The van der Waals surface area contributed by atoms with Gasteiger partial charge in [-0.25, -0.2) is 0 Å². The first-order chi connectivity index (χ1) is 16.1. The molecule has 2 amide bonds. The molecule has 1 N–H and O–H groups in total. The van der Waals surface area contributed by atoms with Crippen LogP contribution in [-0.2, 0) is 33.8 Å². The summed E-state index contributed by atoms with van der Waals surface area (Å²) in [5, 5.41) is 2.93. The predicted molar refractivity (Wildman–Crippen MR) is 124 cm³/mol. The Morgan fingerprint density at radius 2 is 1.70 bits per heavy atom. The Bertz CT molecular complexity index is 1120. The van der Waals surface area contributed by atoms with Gasteiger partial charge in [0, 0.05) is 19.3 Å². The van der Waals surface area contributed by atoms with Crippen molar-refractivity contribution in [2.75, 3.05) is 25.4 Å². The Morgan fingerprint density at radius 3 is 2.52 bits per heavy atom. The smallest absolute Gasteiger partial charge is 0.253 e. The molecule has 170 valence electrons. The van der Waals surface area contributed by atoms with Crippen LogP contribution in [0.2, 0.25) is 0 Å². The summed E-state index contributed by atoms with van der Waals surface area (Å²) in [4.78, 5) is 27.0. The van der Waals surface area contributed by atoms with Crippen molar-refractivity contribution < 1.29 is 23.8 Å². The second-order valence-corrected chi connectivity index (χ2v) is 7.71. The minimum absolute atomic E-state index is 0.0208. The highest BCUT2D eigenvalue weighted by Gasteiger charge is 2.17. The van der Waals surface area contributed by atoms with Crippen molar-refractivity contribution in [2.45, 2.75) is 19.5 Å². The minimum atomic E-state index is -0.147. The first-order valence-corrected chi connectivity index (χ1v) is 10.7. The number of hydrogen-bond acceptors (Lipinski definition) is 5. The highest BCUT2D eigenvalue weighted by atomic mass is 16.7. The molecular weight excluding hydrogens is 420 g/mol. The number of rotatable bonds is 9. The van der Waals surface area contributed by atoms with E-state index in [2.05, 4.69) is 5.32 Å². The molecule has 0 aliphatic carbocycles. The topological polar surface area (TPSA) is 77.1 Å². The molecule has 0 radical (unpaired) electrons. The number of anilines is 1. The van der Waals surface area contributed by atoms with E-state index in [4.69, 9.17) is 14.2 Å². The lowest BCUT2D eigenvalue weighted by atomic mass is 10.1. The molecule has 4 rings (SSSR count). The molecule has 0 saturated heterocycles. The molecule has 3 aromatic carbocycles. The maximum absolute atomic E-state index is 12.7. The Kier molecular flexibility index (Phi) is 7.22. The van der Waals surface area contributed by atoms with Crippen molar-refractivity contribution in [3.63, 3.8) is 0 Å². The van der Waals surface area contributed by atoms with E-state index in [1.165, 1.54) is 7.11 Å². The first-order valence-electron chi connectivity index (χ1n) is 10.7. The molecule has 0 saturated carbocycles. The monoisotopic (exact) mass is 446 g/mol. The van der Waals surface area contributed by atoms with Gasteiger partial charge in [0.25, 0.3) is 5.91 Å². The van der Waals surface area contributed by atoms with E-state index >= 15 is 0 Å². The molecule has 33 heavy (non-hydrogen) atoms. The molecule has 1 aliphatic heterocycles. The quantitative estimate of drug-likeness (QED) is 0.545. The Hall–Kier alpha value is -3.84. The van der Waals surface area contributed by atoms with E-state index in [0.29, 0.717) is 24.6 Å². The third-order valence-corrected chi connectivity index (χ3v) is 5.27. The Labute approximate surface area is 192 Å². The summed E-state index contributed by atoms with van der Waals surface area (Å²) >= 11 is 0. The lowest BCUT2D eigenvalue weighted by Crippen LogP contribution is -2.33. The Morgan fingerprint density at radius 1 is 0.909 bits per heavy atom. The van der Waals surface area contributed by atoms with Crippen LogP contribution in [0.25, 0.3) is 0 Å². The molecule has 1 aliphatic rings. The summed E-state index contributed by atoms with van der Waals surface area (Å²) in [6.07, 6.45) is 0.204. The number of benzene rings is 3. The van der Waals surface area contributed by atoms with Gasteiger partial charge in [-0.1, -0.05) is 48.5 Å². The number of fused-ring (bicyclic) bond motifs is 1. The number of carbonyl (C=O) groups excluding carboxylic acids is 2. The molecule has 0 bridgehead atoms. The predicted octanol–water partition coefficient (Wildman–Crippen LogP) is 3.45. The SMILES string of the molecule is COCC(=O)N(Cc1ccccc1)c1cccc(CC(=O)NCc2ccc3c(c2)OCO3)c1. The van der Waals surface area contributed by atoms with Crippen LogP contribution in [0.3, 0.4) is 0 Å². The number of hydrogen-bond donors (Lipinski definition) is 1. The third kappa shape index (κ3) is 5.90. The highest BCUT2D eigenvalue weighted by Crippen LogP contribution is 2.32. The van der Waals surface area contributed by atoms with E-state index in [1.54, 1.807) is 4.90 Å². The number of methoxy groups -OCH3 is 1. The fraction of sp³-hybridized carbons (Fsp3) is 0.231. The zero-order valence-corrected chi connectivity index (χ0v) is 18.5. The second kappa shape index (κ2) is 10.7. The average Bonchev–Trinajstić information content (AvgIpc) is 3.30. The molecule has 0 atom stereocenters. The van der Waals surface area contributed by atoms with Crippen LogP contribution in [0, 0.1) is 0 Å². The van der Waals surface area contributed by atoms with Gasteiger partial charge in [-0.05, 0) is 41.0 Å². The van der Waals surface area contributed by atoms with E-state index in [-0.39, 0.29) is 31.6 Å². The van der Waals surface area contributed by atoms with Crippen LogP contribution in [0.15, 0.2) is 72.8 Å². The number of ether oxygens (including phenoxy) is 3. The lowest BCUT2D eigenvalue weighted by molar-refractivity contribution is -0.122. The molecular formula is C26H26N2O5. The molecule has 0 unspecified atom stereocenters. The lowest BCUT2D eigenvalue weighted by Gasteiger charge is -2.23. The molecule has 0 aromatic heterocycles. The van der Waals surface area contributed by atoms with E-state index in [0.717, 1.165) is 22.4 Å². The molecule has 3 aromatic rings. The van der Waals surface area contributed by atoms with Gasteiger partial charge in [-0.3, -0.25) is 9.59 Å². The summed E-state index contributed by atoms with van der Waals surface area (Å²) in [6.45, 7) is 1.01. The summed E-state index contributed by atoms with van der Waals surface area (Å²) in [6, 6.07) is 22.8. The zero-order chi connectivity index (χ0) is 23.0. The largest absolute Gasteiger partial charge is 0.454 e. The van der Waals surface area contributed by atoms with Gasteiger partial charge in [0.05, 0.1) is 13.0 Å². The summed E-state index contributed by atoms with van der Waals surface area (Å²) in [5.74, 6) is 1.15. The van der Waals surface area contributed by atoms with Crippen molar-refractivity contribution in [1.29, 1.82) is 0 Å². The number of nitrogens with zero attached hydrogens (tertiary/aromatic N) is 1. The summed E-state index contributed by atoms with van der Waals surface area (Å²) in [7, 11) is 1.50. The van der Waals surface area contributed by atoms with Gasteiger partial charge in [-0.2, -0.15) is 0 Å². The standard InChI is InChI=1S/C26H26N2O5/c1-31-17-26(30)28(16-19-6-3-2-4-7-19)22-9-5-8-20(12-22)14-25(29)27-15-21-10-11-23-24(13-21)33-18-32-23/h2-13H,14-18H2,1H3,(H,27,29). The van der Waals surface area contributed by atoms with Crippen LogP contribution in [0.1, 0.15) is 16.7 Å². The van der Waals surface area contributed by atoms with Crippen LogP contribution in [0.4, 0.5) is 5.69 Å². The molecule has 7 nitrogen and oxygen atoms in total. The van der Waals surface area contributed by atoms with E-state index < -0.39 is 0 Å². The fourth-order valence-corrected chi connectivity index (χ4v) is 3.62. The van der Waals surface area contributed by atoms with Crippen molar-refractivity contribution in [2.24, 2.45) is 0 Å². The second-order valence-electron chi connectivity index (χ2n) is 7.71. The fourth-order valence-electron chi connectivity index (χ4n) is 3.62. The van der Waals surface area contributed by atoms with Gasteiger partial charge in [0.2, 0.25) is 12.7 Å². The normalized spacial score (nSPS) is 11.8. The maximum atomic E-state index is 12.7. The van der Waals surface area contributed by atoms with Gasteiger partial charge in [0.15, 0.2) is 11.5 Å². The van der Waals surface area contributed by atoms with Crippen molar-refractivity contribution in [3.05, 3.63) is 89.5 Å². The average molecular weight is 447 g/mol. The van der Waals surface area contributed by atoms with Gasteiger partial charge < -0.3 is 24.4 Å². The van der Waals surface area contributed by atoms with E-state index in [1.807, 2.05) is 72.8 Å². The van der Waals surface area contributed by atoms with Crippen LogP contribution in [0.5, 0.6) is 11.5 Å². The van der Waals surface area contributed by atoms with Crippen molar-refractivity contribution in [3.8, 4) is 11.5 Å². The maximum Gasteiger partial charge on any atom is 0.253 e. The Balaban J connectivity index is 1.41. The zero-order valence-electron chi connectivity index (χ0n) is 18.5. The van der Waals surface area contributed by atoms with Gasteiger partial charge in [0.1, 0.15) is 6.61 Å².